The highest BCUT2D eigenvalue weighted by molar-refractivity contribution is 5.79. The van der Waals surface area contributed by atoms with Crippen molar-refractivity contribution < 1.29 is 13.9 Å². The van der Waals surface area contributed by atoms with Gasteiger partial charge in [-0.1, -0.05) is 18.2 Å². The van der Waals surface area contributed by atoms with Crippen LogP contribution in [0.4, 0.5) is 4.39 Å². The molecule has 0 fully saturated rings. The zero-order chi connectivity index (χ0) is 19.5. The van der Waals surface area contributed by atoms with Crippen LogP contribution in [0.3, 0.4) is 0 Å². The van der Waals surface area contributed by atoms with Gasteiger partial charge in [-0.25, -0.2) is 9.07 Å². The number of amides is 1. The van der Waals surface area contributed by atoms with Crippen LogP contribution in [0, 0.1) is 5.82 Å². The number of methoxy groups -OCH3 is 1. The topological polar surface area (TPSA) is 47.4 Å². The summed E-state index contributed by atoms with van der Waals surface area (Å²) < 4.78 is 21.0. The molecule has 0 radical (unpaired) electrons. The van der Waals surface area contributed by atoms with Crippen LogP contribution in [0.15, 0.2) is 54.7 Å². The van der Waals surface area contributed by atoms with E-state index in [1.807, 2.05) is 35.1 Å². The van der Waals surface area contributed by atoms with E-state index in [4.69, 9.17) is 4.74 Å². The van der Waals surface area contributed by atoms with Crippen LogP contribution in [0.25, 0.3) is 5.69 Å². The van der Waals surface area contributed by atoms with Crippen molar-refractivity contribution in [1.82, 2.24) is 14.7 Å². The van der Waals surface area contributed by atoms with Crippen molar-refractivity contribution in [2.75, 3.05) is 13.7 Å². The van der Waals surface area contributed by atoms with Gasteiger partial charge < -0.3 is 9.64 Å². The highest BCUT2D eigenvalue weighted by Gasteiger charge is 2.23. The average Bonchev–Trinajstić information content (AvgIpc) is 2.99. The summed E-state index contributed by atoms with van der Waals surface area (Å²) in [5, 5.41) is 4.53. The van der Waals surface area contributed by atoms with Gasteiger partial charge in [-0.2, -0.15) is 5.10 Å². The lowest BCUT2D eigenvalue weighted by Gasteiger charge is -2.20. The summed E-state index contributed by atoms with van der Waals surface area (Å²) in [6, 6.07) is 14.2. The molecule has 2 heterocycles. The number of benzene rings is 2. The van der Waals surface area contributed by atoms with E-state index in [-0.39, 0.29) is 18.1 Å². The zero-order valence-corrected chi connectivity index (χ0v) is 15.8. The van der Waals surface area contributed by atoms with E-state index in [0.29, 0.717) is 18.7 Å². The molecule has 1 aromatic heterocycles. The molecule has 0 aliphatic carbocycles. The molecule has 144 valence electrons. The number of hydrogen-bond acceptors (Lipinski definition) is 3. The van der Waals surface area contributed by atoms with Gasteiger partial charge in [0.25, 0.3) is 0 Å². The van der Waals surface area contributed by atoms with E-state index in [2.05, 4.69) is 5.10 Å². The first-order valence-corrected chi connectivity index (χ1v) is 9.37. The second-order valence-electron chi connectivity index (χ2n) is 6.91. The fourth-order valence-electron chi connectivity index (χ4n) is 3.60. The predicted octanol–water partition coefficient (Wildman–Crippen LogP) is 3.54. The predicted molar refractivity (Wildman–Crippen MR) is 104 cm³/mol. The molecule has 0 N–H and O–H groups in total. The van der Waals surface area contributed by atoms with Gasteiger partial charge in [0.1, 0.15) is 11.6 Å². The Hall–Kier alpha value is -3.15. The van der Waals surface area contributed by atoms with Gasteiger partial charge in [0.05, 0.1) is 25.4 Å². The summed E-state index contributed by atoms with van der Waals surface area (Å²) in [5.41, 5.74) is 3.56. The number of nitrogens with zero attached hydrogens (tertiary/aromatic N) is 3. The van der Waals surface area contributed by atoms with Crippen molar-refractivity contribution in [3.63, 3.8) is 0 Å². The van der Waals surface area contributed by atoms with Crippen LogP contribution in [0.5, 0.6) is 5.75 Å². The van der Waals surface area contributed by atoms with Crippen molar-refractivity contribution in [2.24, 2.45) is 0 Å². The summed E-state index contributed by atoms with van der Waals surface area (Å²) in [7, 11) is 1.64. The standard InChI is InChI=1S/C22H22FN3O2/c1-28-19-10-8-18(9-11-19)26-21-7-4-12-25(15-17(21)14-24-26)22(27)13-16-5-2-3-6-20(16)23/h2-3,5-6,8-11,14H,4,7,12-13,15H2,1H3. The van der Waals surface area contributed by atoms with Crippen LogP contribution >= 0.6 is 0 Å². The Balaban J connectivity index is 1.53. The molecular formula is C22H22FN3O2. The van der Waals surface area contributed by atoms with E-state index >= 15 is 0 Å². The number of halogens is 1. The highest BCUT2D eigenvalue weighted by Crippen LogP contribution is 2.23. The molecule has 0 saturated carbocycles. The summed E-state index contributed by atoms with van der Waals surface area (Å²) in [6.45, 7) is 1.16. The Morgan fingerprint density at radius 2 is 1.96 bits per heavy atom. The quantitative estimate of drug-likeness (QED) is 0.697. The molecule has 0 saturated heterocycles. The Morgan fingerprint density at radius 1 is 1.18 bits per heavy atom. The van der Waals surface area contributed by atoms with Gasteiger partial charge >= 0.3 is 0 Å². The molecule has 28 heavy (non-hydrogen) atoms. The molecule has 3 aromatic rings. The summed E-state index contributed by atoms with van der Waals surface area (Å²) in [6.07, 6.45) is 3.59. The minimum absolute atomic E-state index is 0.0600. The number of carbonyl (C=O) groups is 1. The third-order valence-corrected chi connectivity index (χ3v) is 5.13. The molecule has 0 unspecified atom stereocenters. The lowest BCUT2D eigenvalue weighted by Crippen LogP contribution is -2.32. The van der Waals surface area contributed by atoms with Crippen LogP contribution < -0.4 is 4.74 Å². The van der Waals surface area contributed by atoms with Gasteiger partial charge in [0.2, 0.25) is 5.91 Å². The highest BCUT2D eigenvalue weighted by atomic mass is 19.1. The number of rotatable bonds is 4. The number of carbonyl (C=O) groups excluding carboxylic acids is 1. The summed E-state index contributed by atoms with van der Waals surface area (Å²) in [5.74, 6) is 0.403. The smallest absolute Gasteiger partial charge is 0.227 e. The molecule has 1 aliphatic heterocycles. The third kappa shape index (κ3) is 3.63. The maximum Gasteiger partial charge on any atom is 0.227 e. The number of ether oxygens (including phenoxy) is 1. The second-order valence-corrected chi connectivity index (χ2v) is 6.91. The maximum atomic E-state index is 13.9. The lowest BCUT2D eigenvalue weighted by atomic mass is 10.1. The van der Waals surface area contributed by atoms with E-state index in [1.165, 1.54) is 6.07 Å². The SMILES string of the molecule is COc1ccc(-n2ncc3c2CCCN(C(=O)Cc2ccccc2F)C3)cc1. The summed E-state index contributed by atoms with van der Waals surface area (Å²) in [4.78, 5) is 14.6. The summed E-state index contributed by atoms with van der Waals surface area (Å²) >= 11 is 0. The number of aromatic nitrogens is 2. The molecule has 5 nitrogen and oxygen atoms in total. The van der Waals surface area contributed by atoms with Crippen LogP contribution in [-0.4, -0.2) is 34.2 Å². The van der Waals surface area contributed by atoms with Gasteiger partial charge in [-0.3, -0.25) is 4.79 Å². The Morgan fingerprint density at radius 3 is 2.71 bits per heavy atom. The largest absolute Gasteiger partial charge is 0.497 e. The Labute approximate surface area is 163 Å². The van der Waals surface area contributed by atoms with Crippen molar-refractivity contribution in [2.45, 2.75) is 25.8 Å². The number of hydrogen-bond donors (Lipinski definition) is 0. The lowest BCUT2D eigenvalue weighted by molar-refractivity contribution is -0.131. The average molecular weight is 379 g/mol. The van der Waals surface area contributed by atoms with Crippen molar-refractivity contribution >= 4 is 5.91 Å². The van der Waals surface area contributed by atoms with E-state index in [0.717, 1.165) is 35.5 Å². The third-order valence-electron chi connectivity index (χ3n) is 5.13. The fourth-order valence-corrected chi connectivity index (χ4v) is 3.60. The van der Waals surface area contributed by atoms with E-state index < -0.39 is 0 Å². The molecule has 1 amide bonds. The van der Waals surface area contributed by atoms with E-state index in [1.54, 1.807) is 30.2 Å². The minimum Gasteiger partial charge on any atom is -0.497 e. The first-order valence-electron chi connectivity index (χ1n) is 9.37. The van der Waals surface area contributed by atoms with Gasteiger partial charge in [-0.15, -0.1) is 0 Å². The van der Waals surface area contributed by atoms with E-state index in [9.17, 15) is 9.18 Å². The van der Waals surface area contributed by atoms with Crippen LogP contribution in [0.2, 0.25) is 0 Å². The molecule has 0 spiro atoms. The second kappa shape index (κ2) is 7.84. The first-order chi connectivity index (χ1) is 13.7. The molecule has 2 aromatic carbocycles. The minimum atomic E-state index is -0.335. The molecular weight excluding hydrogens is 357 g/mol. The van der Waals surface area contributed by atoms with Gasteiger partial charge in [0.15, 0.2) is 0 Å². The number of fused-ring (bicyclic) bond motifs is 1. The Bertz CT molecular complexity index is 982. The molecule has 1 aliphatic rings. The van der Waals surface area contributed by atoms with Crippen molar-refractivity contribution in [3.05, 3.63) is 77.4 Å². The monoisotopic (exact) mass is 379 g/mol. The first kappa shape index (κ1) is 18.2. The molecule has 6 heteroatoms. The van der Waals surface area contributed by atoms with Gasteiger partial charge in [0, 0.05) is 24.3 Å². The maximum absolute atomic E-state index is 13.9. The van der Waals surface area contributed by atoms with Gasteiger partial charge in [-0.05, 0) is 48.7 Å². The molecule has 0 atom stereocenters. The molecule has 4 rings (SSSR count). The molecule has 0 bridgehead atoms. The normalized spacial score (nSPS) is 13.7. The van der Waals surface area contributed by atoms with Crippen LogP contribution in [0.1, 0.15) is 23.2 Å². The van der Waals surface area contributed by atoms with Crippen molar-refractivity contribution in [1.29, 1.82) is 0 Å². The fraction of sp³-hybridized carbons (Fsp3) is 0.273. The van der Waals surface area contributed by atoms with Crippen molar-refractivity contribution in [3.8, 4) is 11.4 Å². The Kier molecular flexibility index (Phi) is 5.10. The van der Waals surface area contributed by atoms with Crippen LogP contribution in [-0.2, 0) is 24.2 Å². The zero-order valence-electron chi connectivity index (χ0n) is 15.8.